The third-order valence-electron chi connectivity index (χ3n) is 1.60. The standard InChI is InChI=1S/C7H12O2.CH3OP.W.2Y/c1-2-6-3-4-9-5-7(6)8;1-3-2;;;/h2-3,6-8H,4-5H2,1H3;1H3;;;/q-2;;;;. The van der Waals surface area contributed by atoms with Crippen LogP contribution in [0.5, 0.6) is 0 Å². The molecule has 84 valence electrons. The first kappa shape index (κ1) is 26.5. The summed E-state index contributed by atoms with van der Waals surface area (Å²) in [5, 5.41) is 9.18. The van der Waals surface area contributed by atoms with Crippen molar-refractivity contribution in [2.45, 2.75) is 13.0 Å². The molecule has 0 aromatic rings. The van der Waals surface area contributed by atoms with Crippen LogP contribution in [0, 0.1) is 18.8 Å². The first-order valence-electron chi connectivity index (χ1n) is 3.86. The molecule has 15 heavy (non-hydrogen) atoms. The summed E-state index contributed by atoms with van der Waals surface area (Å²) in [6, 6.07) is 0. The number of aliphatic hydroxyl groups excluding tert-OH is 1. The van der Waals surface area contributed by atoms with Crippen molar-refractivity contribution in [1.82, 2.24) is 0 Å². The number of hydrogen-bond acceptors (Lipinski definition) is 3. The van der Waals surface area contributed by atoms with Crippen LogP contribution >= 0.6 is 8.46 Å². The largest absolute Gasteiger partial charge is 0.411 e. The van der Waals surface area contributed by atoms with Gasteiger partial charge in [0.05, 0.1) is 6.61 Å². The van der Waals surface area contributed by atoms with Gasteiger partial charge in [-0.05, 0) is 0 Å². The van der Waals surface area contributed by atoms with Gasteiger partial charge in [0, 0.05) is 99.3 Å². The summed E-state index contributed by atoms with van der Waals surface area (Å²) in [5.41, 5.74) is 0. The molecule has 1 heterocycles. The normalized spacial score (nSPS) is 23.4. The molecule has 2 radical (unpaired) electrons. The summed E-state index contributed by atoms with van der Waals surface area (Å²) in [6.45, 7) is 4.65. The maximum atomic E-state index is 9.18. The molecule has 0 aliphatic carbocycles. The molecule has 1 saturated heterocycles. The summed E-state index contributed by atoms with van der Waals surface area (Å²) in [7, 11) is 0.167. The molecule has 0 saturated carbocycles. The van der Waals surface area contributed by atoms with E-state index in [1.165, 1.54) is 0 Å². The van der Waals surface area contributed by atoms with Gasteiger partial charge in [-0.3, -0.25) is 10.5 Å². The van der Waals surface area contributed by atoms with Gasteiger partial charge in [-0.25, -0.2) is 0 Å². The molecule has 0 bridgehead atoms. The van der Waals surface area contributed by atoms with Crippen molar-refractivity contribution in [2.24, 2.45) is 5.92 Å². The molecule has 1 fully saturated rings. The van der Waals surface area contributed by atoms with Crippen molar-refractivity contribution in [3.8, 4) is 0 Å². The minimum atomic E-state index is -0.316. The zero-order chi connectivity index (χ0) is 9.40. The number of ether oxygens (including phenoxy) is 1. The predicted octanol–water partition coefficient (Wildman–Crippen LogP) is 1.32. The molecule has 0 aromatic carbocycles. The predicted molar refractivity (Wildman–Crippen MR) is 48.1 cm³/mol. The van der Waals surface area contributed by atoms with Gasteiger partial charge in [0.2, 0.25) is 0 Å². The number of rotatable bonds is 1. The average molecular weight is 552 g/mol. The van der Waals surface area contributed by atoms with Crippen LogP contribution in [0.3, 0.4) is 0 Å². The molecule has 2 atom stereocenters. The van der Waals surface area contributed by atoms with Crippen LogP contribution in [0.2, 0.25) is 0 Å². The van der Waals surface area contributed by atoms with Crippen LogP contribution < -0.4 is 0 Å². The molecule has 1 N–H and O–H groups in total. The smallest absolute Gasteiger partial charge is 0.151 e. The van der Waals surface area contributed by atoms with Gasteiger partial charge in [0.1, 0.15) is 0 Å². The fourth-order valence-electron chi connectivity index (χ4n) is 0.994. The topological polar surface area (TPSA) is 46.5 Å². The molecule has 1 aliphatic rings. The van der Waals surface area contributed by atoms with E-state index in [0.29, 0.717) is 13.2 Å². The van der Waals surface area contributed by atoms with E-state index in [0.717, 1.165) is 0 Å². The van der Waals surface area contributed by atoms with E-state index in [2.05, 4.69) is 0 Å². The molecule has 2 unspecified atom stereocenters. The van der Waals surface area contributed by atoms with Crippen LogP contribution in [0.1, 0.15) is 6.92 Å². The Morgan fingerprint density at radius 2 is 2.00 bits per heavy atom. The van der Waals surface area contributed by atoms with Crippen molar-refractivity contribution < 1.29 is 101 Å². The zero-order valence-corrected chi connectivity index (χ0v) is 18.5. The van der Waals surface area contributed by atoms with Crippen molar-refractivity contribution in [1.29, 1.82) is 0 Å². The summed E-state index contributed by atoms with van der Waals surface area (Å²) in [6.07, 6.45) is 3.66. The Kier molecular flexibility index (Phi) is 34.0. The Morgan fingerprint density at radius 3 is 2.27 bits per heavy atom. The van der Waals surface area contributed by atoms with E-state index >= 15 is 0 Å². The van der Waals surface area contributed by atoms with Gasteiger partial charge in [-0.2, -0.15) is 6.92 Å². The summed E-state index contributed by atoms with van der Waals surface area (Å²) in [4.78, 5) is 0. The minimum Gasteiger partial charge on any atom is -0.411 e. The summed E-state index contributed by atoms with van der Waals surface area (Å²) < 4.78 is 13.9. The zero-order valence-electron chi connectivity index (χ0n) is 9.00. The van der Waals surface area contributed by atoms with Crippen molar-refractivity contribution >= 4 is 8.46 Å². The van der Waals surface area contributed by atoms with E-state index in [4.69, 9.17) is 9.30 Å². The van der Waals surface area contributed by atoms with Gasteiger partial charge in [-0.15, -0.1) is 0 Å². The monoisotopic (exact) mass is 552 g/mol. The van der Waals surface area contributed by atoms with Crippen LogP contribution in [-0.4, -0.2) is 31.1 Å². The van der Waals surface area contributed by atoms with Gasteiger partial charge in [0.25, 0.3) is 0 Å². The van der Waals surface area contributed by atoms with E-state index in [-0.39, 0.29) is 107 Å². The van der Waals surface area contributed by atoms with Crippen LogP contribution in [0.25, 0.3) is 0 Å². The molecule has 0 spiro atoms. The second kappa shape index (κ2) is 19.3. The number of aliphatic hydroxyl groups is 1. The van der Waals surface area contributed by atoms with Crippen molar-refractivity contribution in [3.63, 3.8) is 0 Å². The molecular formula is C8H15O3PWY2-2. The second-order valence-electron chi connectivity index (χ2n) is 2.43. The van der Waals surface area contributed by atoms with E-state index in [9.17, 15) is 5.11 Å². The van der Waals surface area contributed by atoms with Crippen LogP contribution in [0.15, 0.2) is 0 Å². The third-order valence-corrected chi connectivity index (χ3v) is 1.60. The van der Waals surface area contributed by atoms with E-state index < -0.39 is 0 Å². The second-order valence-corrected chi connectivity index (χ2v) is 2.80. The minimum absolute atomic E-state index is 0. The molecular weight excluding hydrogens is 537 g/mol. The third kappa shape index (κ3) is 14.9. The van der Waals surface area contributed by atoms with Gasteiger partial charge in [-0.1, -0.05) is 6.61 Å². The van der Waals surface area contributed by atoms with Crippen LogP contribution in [-0.2, 0) is 95.8 Å². The van der Waals surface area contributed by atoms with E-state index in [1.807, 2.05) is 19.8 Å². The van der Waals surface area contributed by atoms with Crippen LogP contribution in [0.4, 0.5) is 0 Å². The average Bonchev–Trinajstić information content (AvgIpc) is 2.07. The SMILES string of the molecule is CP=O.C[CH-]C1[CH-]COCC1O.[W].[Y].[Y]. The maximum absolute atomic E-state index is 9.18. The quantitative estimate of drug-likeness (QED) is 0.395. The maximum Gasteiger partial charge on any atom is 0.151 e. The Balaban J connectivity index is -0.0000000917. The Morgan fingerprint density at radius 1 is 1.53 bits per heavy atom. The Bertz CT molecular complexity index is 132. The summed E-state index contributed by atoms with van der Waals surface area (Å²) >= 11 is 0. The Labute approximate surface area is 158 Å². The van der Waals surface area contributed by atoms with Gasteiger partial charge in [0.15, 0.2) is 8.46 Å². The van der Waals surface area contributed by atoms with Gasteiger partial charge >= 0.3 is 0 Å². The van der Waals surface area contributed by atoms with E-state index in [1.54, 1.807) is 6.66 Å². The molecule has 7 heteroatoms. The Hall–Kier alpha value is 2.92. The first-order chi connectivity index (χ1) is 5.76. The first-order valence-corrected chi connectivity index (χ1v) is 5.12. The fraction of sp³-hybridized carbons (Fsp3) is 0.750. The molecule has 3 nitrogen and oxygen atoms in total. The van der Waals surface area contributed by atoms with Crippen molar-refractivity contribution in [3.05, 3.63) is 12.8 Å². The summed E-state index contributed by atoms with van der Waals surface area (Å²) in [5.74, 6) is 0.235. The van der Waals surface area contributed by atoms with Gasteiger partial charge < -0.3 is 22.7 Å². The number of hydrogen-bond donors (Lipinski definition) is 1. The molecule has 1 rings (SSSR count). The molecule has 1 aliphatic heterocycles. The fourth-order valence-corrected chi connectivity index (χ4v) is 0.994. The molecule has 0 aromatic heterocycles. The molecule has 0 amide bonds. The van der Waals surface area contributed by atoms with Crippen molar-refractivity contribution in [2.75, 3.05) is 19.9 Å².